The number of carbonyl (C=O) groups is 2. The zero-order valence-electron chi connectivity index (χ0n) is 16.2. The average Bonchev–Trinajstić information content (AvgIpc) is 3.18. The molecule has 1 saturated heterocycles. The van der Waals surface area contributed by atoms with E-state index in [1.165, 1.54) is 33.7 Å². The van der Waals surface area contributed by atoms with Crippen LogP contribution in [0.1, 0.15) is 12.8 Å². The summed E-state index contributed by atoms with van der Waals surface area (Å²) in [6.07, 6.45) is 0.990. The summed E-state index contributed by atoms with van der Waals surface area (Å²) in [6, 6.07) is 12.4. The third-order valence-corrected chi connectivity index (χ3v) is 5.69. The lowest BCUT2D eigenvalue weighted by molar-refractivity contribution is -0.140. The van der Waals surface area contributed by atoms with E-state index in [1.54, 1.807) is 24.3 Å². The van der Waals surface area contributed by atoms with Crippen molar-refractivity contribution in [2.24, 2.45) is 0 Å². The average molecular weight is 445 g/mol. The molecule has 31 heavy (non-hydrogen) atoms. The van der Waals surface area contributed by atoms with Gasteiger partial charge in [0.25, 0.3) is 5.56 Å². The highest BCUT2D eigenvalue weighted by Crippen LogP contribution is 2.24. The van der Waals surface area contributed by atoms with Crippen LogP contribution >= 0.6 is 11.8 Å². The van der Waals surface area contributed by atoms with Gasteiger partial charge in [-0.25, -0.2) is 4.98 Å². The molecule has 0 aliphatic carbocycles. The minimum absolute atomic E-state index is 0.0440. The van der Waals surface area contributed by atoms with Gasteiger partial charge >= 0.3 is 6.61 Å². The molecule has 1 fully saturated rings. The van der Waals surface area contributed by atoms with Crippen LogP contribution in [0.5, 0.6) is 5.75 Å². The number of ether oxygens (including phenoxy) is 1. The zero-order valence-corrected chi connectivity index (χ0v) is 17.0. The highest BCUT2D eigenvalue weighted by Gasteiger charge is 2.26. The normalized spacial score (nSPS) is 13.9. The van der Waals surface area contributed by atoms with Gasteiger partial charge in [-0.3, -0.25) is 23.9 Å². The molecule has 3 aromatic rings. The quantitative estimate of drug-likeness (QED) is 0.428. The van der Waals surface area contributed by atoms with Gasteiger partial charge in [-0.05, 0) is 42.8 Å². The van der Waals surface area contributed by atoms with Gasteiger partial charge in [0.2, 0.25) is 11.8 Å². The van der Waals surface area contributed by atoms with Gasteiger partial charge in [-0.2, -0.15) is 8.78 Å². The first-order chi connectivity index (χ1) is 14.9. The molecule has 7 nitrogen and oxygen atoms in total. The molecule has 2 amide bonds. The van der Waals surface area contributed by atoms with Gasteiger partial charge in [0.15, 0.2) is 5.16 Å². The minimum atomic E-state index is -2.96. The highest BCUT2D eigenvalue weighted by molar-refractivity contribution is 7.99. The number of benzene rings is 2. The Balaban J connectivity index is 1.70. The van der Waals surface area contributed by atoms with Crippen molar-refractivity contribution in [2.45, 2.75) is 24.6 Å². The number of amides is 2. The first-order valence-electron chi connectivity index (χ1n) is 9.47. The summed E-state index contributed by atoms with van der Waals surface area (Å²) in [5, 5.41) is 0.632. The number of hydrogen-bond acceptors (Lipinski definition) is 6. The van der Waals surface area contributed by atoms with Crippen molar-refractivity contribution in [2.75, 3.05) is 12.3 Å². The van der Waals surface area contributed by atoms with Crippen molar-refractivity contribution in [3.8, 4) is 11.4 Å². The second kappa shape index (κ2) is 8.84. The molecule has 2 aromatic carbocycles. The largest absolute Gasteiger partial charge is 0.435 e. The van der Waals surface area contributed by atoms with E-state index in [4.69, 9.17) is 0 Å². The van der Waals surface area contributed by atoms with Crippen molar-refractivity contribution < 1.29 is 23.1 Å². The number of aromatic nitrogens is 2. The van der Waals surface area contributed by atoms with Crippen LogP contribution < -0.4 is 10.3 Å². The summed E-state index contributed by atoms with van der Waals surface area (Å²) >= 11 is 1.04. The van der Waals surface area contributed by atoms with Crippen LogP contribution in [0.25, 0.3) is 16.6 Å². The molecule has 1 aliphatic heterocycles. The van der Waals surface area contributed by atoms with E-state index in [0.29, 0.717) is 36.0 Å². The van der Waals surface area contributed by atoms with Crippen LogP contribution in [0.3, 0.4) is 0 Å². The Labute approximate surface area is 179 Å². The molecule has 1 aromatic heterocycles. The number of para-hydroxylation sites is 1. The fourth-order valence-electron chi connectivity index (χ4n) is 3.33. The van der Waals surface area contributed by atoms with Gasteiger partial charge in [0.1, 0.15) is 5.75 Å². The van der Waals surface area contributed by atoms with Gasteiger partial charge in [-0.15, -0.1) is 0 Å². The summed E-state index contributed by atoms with van der Waals surface area (Å²) in [7, 11) is 0. The Kier molecular flexibility index (Phi) is 5.99. The predicted molar refractivity (Wildman–Crippen MR) is 111 cm³/mol. The van der Waals surface area contributed by atoms with Crippen molar-refractivity contribution in [1.29, 1.82) is 0 Å². The molecular weight excluding hydrogens is 428 g/mol. The van der Waals surface area contributed by atoms with Crippen molar-refractivity contribution >= 4 is 34.5 Å². The molecule has 0 spiro atoms. The second-order valence-corrected chi connectivity index (χ2v) is 7.70. The van der Waals surface area contributed by atoms with E-state index in [1.807, 2.05) is 0 Å². The Morgan fingerprint density at radius 2 is 1.87 bits per heavy atom. The lowest BCUT2D eigenvalue weighted by atomic mass is 10.2. The maximum Gasteiger partial charge on any atom is 0.387 e. The monoisotopic (exact) mass is 445 g/mol. The molecule has 4 rings (SSSR count). The van der Waals surface area contributed by atoms with Crippen LogP contribution in [0.4, 0.5) is 8.78 Å². The number of carbonyl (C=O) groups excluding carboxylic acids is 2. The number of nitrogens with zero attached hydrogens (tertiary/aromatic N) is 3. The Morgan fingerprint density at radius 1 is 1.13 bits per heavy atom. The van der Waals surface area contributed by atoms with Crippen molar-refractivity contribution in [1.82, 2.24) is 14.5 Å². The smallest absolute Gasteiger partial charge is 0.387 e. The number of halogens is 2. The van der Waals surface area contributed by atoms with E-state index in [2.05, 4.69) is 9.72 Å². The number of hydrogen-bond donors (Lipinski definition) is 0. The standard InChI is InChI=1S/C21H17F2N3O4S/c22-20(23)30-14-9-7-13(8-10-14)26-19(29)15-4-1-2-5-16(15)24-21(26)31-12-18(28)25-11-3-6-17(25)27/h1-2,4-5,7-10,20H,3,6,11-12H2. The molecular formula is C21H17F2N3O4S. The molecule has 0 bridgehead atoms. The molecule has 0 radical (unpaired) electrons. The maximum atomic E-state index is 13.2. The highest BCUT2D eigenvalue weighted by atomic mass is 32.2. The lowest BCUT2D eigenvalue weighted by Crippen LogP contribution is -2.33. The first kappa shape index (κ1) is 21.0. The fourth-order valence-corrected chi connectivity index (χ4v) is 4.22. The summed E-state index contributed by atoms with van der Waals surface area (Å²) < 4.78 is 30.5. The molecule has 0 unspecified atom stereocenters. The van der Waals surface area contributed by atoms with Crippen LogP contribution in [-0.2, 0) is 9.59 Å². The third-order valence-electron chi connectivity index (χ3n) is 4.76. The number of rotatable bonds is 6. The van der Waals surface area contributed by atoms with E-state index < -0.39 is 6.61 Å². The van der Waals surface area contributed by atoms with Gasteiger partial charge in [0, 0.05) is 13.0 Å². The van der Waals surface area contributed by atoms with Gasteiger partial charge < -0.3 is 4.74 Å². The zero-order chi connectivity index (χ0) is 22.0. The number of likely N-dealkylation sites (tertiary alicyclic amines) is 1. The predicted octanol–water partition coefficient (Wildman–Crippen LogP) is 3.23. The van der Waals surface area contributed by atoms with E-state index in [9.17, 15) is 23.2 Å². The first-order valence-corrected chi connectivity index (χ1v) is 10.5. The van der Waals surface area contributed by atoms with Crippen LogP contribution in [0.2, 0.25) is 0 Å². The molecule has 0 saturated carbocycles. The topological polar surface area (TPSA) is 81.5 Å². The van der Waals surface area contributed by atoms with Crippen molar-refractivity contribution in [3.05, 3.63) is 58.9 Å². The number of alkyl halides is 2. The van der Waals surface area contributed by atoms with Crippen molar-refractivity contribution in [3.63, 3.8) is 0 Å². The molecule has 0 N–H and O–H groups in total. The third kappa shape index (κ3) is 4.43. The maximum absolute atomic E-state index is 13.2. The van der Waals surface area contributed by atoms with E-state index in [-0.39, 0.29) is 34.0 Å². The van der Waals surface area contributed by atoms with Gasteiger partial charge in [-0.1, -0.05) is 23.9 Å². The molecule has 160 valence electrons. The van der Waals surface area contributed by atoms with Gasteiger partial charge in [0.05, 0.1) is 22.3 Å². The summed E-state index contributed by atoms with van der Waals surface area (Å²) in [4.78, 5) is 43.2. The molecule has 2 heterocycles. The Hall–Kier alpha value is -3.27. The van der Waals surface area contributed by atoms with E-state index >= 15 is 0 Å². The minimum Gasteiger partial charge on any atom is -0.435 e. The van der Waals surface area contributed by atoms with Crippen LogP contribution in [0.15, 0.2) is 58.5 Å². The summed E-state index contributed by atoms with van der Waals surface area (Å²) in [5.74, 6) is -0.660. The van der Waals surface area contributed by atoms with Crippen LogP contribution in [-0.4, -0.2) is 45.2 Å². The number of thioether (sulfide) groups is 1. The Morgan fingerprint density at radius 3 is 2.55 bits per heavy atom. The second-order valence-electron chi connectivity index (χ2n) is 6.76. The molecule has 10 heteroatoms. The Bertz CT molecular complexity index is 1200. The van der Waals surface area contributed by atoms with E-state index in [0.717, 1.165) is 11.8 Å². The summed E-state index contributed by atoms with van der Waals surface area (Å²) in [6.45, 7) is -2.57. The number of fused-ring (bicyclic) bond motifs is 1. The molecule has 0 atom stereocenters. The lowest BCUT2D eigenvalue weighted by Gasteiger charge is -2.16. The SMILES string of the molecule is O=C1CCCN1C(=O)CSc1nc2ccccc2c(=O)n1-c1ccc(OC(F)F)cc1. The van der Waals surface area contributed by atoms with Crippen LogP contribution in [0, 0.1) is 0 Å². The molecule has 1 aliphatic rings. The number of imide groups is 1. The fraction of sp³-hybridized carbons (Fsp3) is 0.238. The summed E-state index contributed by atoms with van der Waals surface area (Å²) in [5.41, 5.74) is 0.492.